The van der Waals surface area contributed by atoms with Crippen molar-refractivity contribution in [2.45, 2.75) is 26.4 Å². The van der Waals surface area contributed by atoms with E-state index in [1.807, 2.05) is 38.1 Å². The van der Waals surface area contributed by atoms with Gasteiger partial charge in [-0.1, -0.05) is 43.3 Å². The number of benzene rings is 2. The lowest BCUT2D eigenvalue weighted by Gasteiger charge is -2.20. The van der Waals surface area contributed by atoms with Crippen molar-refractivity contribution >= 4 is 27.4 Å². The van der Waals surface area contributed by atoms with Crippen LogP contribution < -0.4 is 11.1 Å². The van der Waals surface area contributed by atoms with Crippen molar-refractivity contribution in [2.24, 2.45) is 11.7 Å². The Balaban J connectivity index is 1.51. The van der Waals surface area contributed by atoms with Crippen LogP contribution in [0.5, 0.6) is 0 Å². The summed E-state index contributed by atoms with van der Waals surface area (Å²) < 4.78 is 31.8. The Labute approximate surface area is 211 Å². The second-order valence-electron chi connectivity index (χ2n) is 8.82. The Kier molecular flexibility index (Phi) is 6.71. The Morgan fingerprint density at radius 3 is 2.75 bits per heavy atom. The summed E-state index contributed by atoms with van der Waals surface area (Å²) in [6.07, 6.45) is 4.52. The van der Waals surface area contributed by atoms with Crippen molar-refractivity contribution < 1.29 is 8.78 Å². The standard InChI is InChI=1S/C26H25F2N7S/c1-15(2)23(29)18-7-6-17(27)13-20(18)19-5-3-4-16-12-22(36-25(16)19)24-21(28)14-31-26(33-24)30-8-10-35-11-9-32-34-35/h3-7,9,11-15,23H,8,10,29H2,1-2H3,(H,30,31,33)/t23-/m1/s1. The minimum Gasteiger partial charge on any atom is -0.352 e. The maximum atomic E-state index is 14.8. The van der Waals surface area contributed by atoms with Crippen LogP contribution in [0.1, 0.15) is 25.5 Å². The van der Waals surface area contributed by atoms with Gasteiger partial charge in [-0.15, -0.1) is 16.4 Å². The highest BCUT2D eigenvalue weighted by atomic mass is 32.1. The number of nitrogens with zero attached hydrogens (tertiary/aromatic N) is 5. The number of nitrogens with two attached hydrogens (primary N) is 1. The number of halogens is 2. The minimum atomic E-state index is -0.516. The topological polar surface area (TPSA) is 94.5 Å². The molecule has 0 radical (unpaired) electrons. The zero-order valence-corrected chi connectivity index (χ0v) is 20.6. The summed E-state index contributed by atoms with van der Waals surface area (Å²) in [7, 11) is 0. The second-order valence-corrected chi connectivity index (χ2v) is 9.87. The highest BCUT2D eigenvalue weighted by molar-refractivity contribution is 7.22. The number of fused-ring (bicyclic) bond motifs is 1. The lowest BCUT2D eigenvalue weighted by atomic mass is 9.89. The molecule has 0 saturated carbocycles. The normalized spacial score (nSPS) is 12.4. The van der Waals surface area contributed by atoms with Crippen LogP contribution in [-0.4, -0.2) is 31.5 Å². The summed E-state index contributed by atoms with van der Waals surface area (Å²) >= 11 is 1.41. The zero-order valence-electron chi connectivity index (χ0n) is 19.8. The molecule has 0 bridgehead atoms. The summed E-state index contributed by atoms with van der Waals surface area (Å²) in [6, 6.07) is 12.2. The predicted molar refractivity (Wildman–Crippen MR) is 138 cm³/mol. The van der Waals surface area contributed by atoms with E-state index in [0.717, 1.165) is 33.0 Å². The molecule has 0 aliphatic carbocycles. The SMILES string of the molecule is CC(C)[C@@H](N)c1ccc(F)cc1-c1cccc2cc(-c3nc(NCCn4ccnn4)ncc3F)sc12. The average molecular weight is 506 g/mol. The molecule has 0 aliphatic heterocycles. The molecule has 3 aromatic heterocycles. The molecule has 3 N–H and O–H groups in total. The fraction of sp³-hybridized carbons (Fsp3) is 0.231. The van der Waals surface area contributed by atoms with Crippen LogP contribution >= 0.6 is 11.3 Å². The largest absolute Gasteiger partial charge is 0.352 e. The van der Waals surface area contributed by atoms with Gasteiger partial charge in [0.15, 0.2) is 5.82 Å². The third-order valence-corrected chi connectivity index (χ3v) is 7.19. The Morgan fingerprint density at radius 1 is 1.11 bits per heavy atom. The third-order valence-electron chi connectivity index (χ3n) is 6.00. The molecule has 0 unspecified atom stereocenters. The van der Waals surface area contributed by atoms with Gasteiger partial charge in [0.2, 0.25) is 5.95 Å². The monoisotopic (exact) mass is 505 g/mol. The summed E-state index contributed by atoms with van der Waals surface area (Å²) in [5.41, 5.74) is 9.16. The lowest BCUT2D eigenvalue weighted by molar-refractivity contribution is 0.514. The summed E-state index contributed by atoms with van der Waals surface area (Å²) in [5, 5.41) is 11.7. The molecule has 0 spiro atoms. The van der Waals surface area contributed by atoms with Gasteiger partial charge in [-0.2, -0.15) is 0 Å². The lowest BCUT2D eigenvalue weighted by Crippen LogP contribution is -2.17. The molecule has 5 aromatic rings. The van der Waals surface area contributed by atoms with Gasteiger partial charge in [-0.05, 0) is 46.2 Å². The van der Waals surface area contributed by atoms with Crippen molar-refractivity contribution in [3.63, 3.8) is 0 Å². The van der Waals surface area contributed by atoms with Gasteiger partial charge >= 0.3 is 0 Å². The van der Waals surface area contributed by atoms with Crippen LogP contribution in [0.3, 0.4) is 0 Å². The number of hydrogen-bond acceptors (Lipinski definition) is 7. The van der Waals surface area contributed by atoms with E-state index < -0.39 is 5.82 Å². The quantitative estimate of drug-likeness (QED) is 0.282. The van der Waals surface area contributed by atoms with E-state index >= 15 is 0 Å². The number of nitrogens with one attached hydrogen (secondary N) is 1. The van der Waals surface area contributed by atoms with Gasteiger partial charge in [-0.3, -0.25) is 4.68 Å². The second kappa shape index (κ2) is 10.1. The molecular weight excluding hydrogens is 480 g/mol. The highest BCUT2D eigenvalue weighted by Crippen LogP contribution is 2.42. The molecule has 1 atom stereocenters. The molecular formula is C26H25F2N7S. The molecule has 10 heteroatoms. The van der Waals surface area contributed by atoms with Gasteiger partial charge in [-0.25, -0.2) is 18.7 Å². The Hall–Kier alpha value is -3.76. The van der Waals surface area contributed by atoms with E-state index in [1.165, 1.54) is 23.5 Å². The van der Waals surface area contributed by atoms with E-state index in [9.17, 15) is 8.78 Å². The van der Waals surface area contributed by atoms with Crippen LogP contribution in [0.15, 0.2) is 61.1 Å². The maximum Gasteiger partial charge on any atom is 0.223 e. The number of anilines is 1. The molecule has 2 aromatic carbocycles. The van der Waals surface area contributed by atoms with Crippen molar-refractivity contribution in [1.82, 2.24) is 25.0 Å². The van der Waals surface area contributed by atoms with Gasteiger partial charge in [0.1, 0.15) is 11.5 Å². The van der Waals surface area contributed by atoms with Gasteiger partial charge in [0, 0.05) is 23.5 Å². The number of hydrogen-bond donors (Lipinski definition) is 2. The molecule has 0 amide bonds. The molecule has 184 valence electrons. The van der Waals surface area contributed by atoms with Gasteiger partial charge in [0.05, 0.1) is 23.8 Å². The van der Waals surface area contributed by atoms with Crippen LogP contribution in [0.2, 0.25) is 0 Å². The molecule has 0 fully saturated rings. The Bertz CT molecular complexity index is 1500. The van der Waals surface area contributed by atoms with Gasteiger partial charge in [0.25, 0.3) is 0 Å². The highest BCUT2D eigenvalue weighted by Gasteiger charge is 2.20. The van der Waals surface area contributed by atoms with E-state index in [-0.39, 0.29) is 23.5 Å². The van der Waals surface area contributed by atoms with Crippen molar-refractivity contribution in [2.75, 3.05) is 11.9 Å². The van der Waals surface area contributed by atoms with Crippen molar-refractivity contribution in [3.05, 3.63) is 78.3 Å². The molecule has 0 saturated heterocycles. The smallest absolute Gasteiger partial charge is 0.223 e. The minimum absolute atomic E-state index is 0.179. The van der Waals surface area contributed by atoms with E-state index in [0.29, 0.717) is 23.9 Å². The molecule has 0 aliphatic rings. The van der Waals surface area contributed by atoms with Gasteiger partial charge < -0.3 is 11.1 Å². The predicted octanol–water partition coefficient (Wildman–Crippen LogP) is 5.66. The molecule has 7 nitrogen and oxygen atoms in total. The van der Waals surface area contributed by atoms with Crippen LogP contribution in [0, 0.1) is 17.6 Å². The van der Waals surface area contributed by atoms with E-state index in [4.69, 9.17) is 5.73 Å². The molecule has 36 heavy (non-hydrogen) atoms. The first kappa shape index (κ1) is 24.0. The summed E-state index contributed by atoms with van der Waals surface area (Å²) in [4.78, 5) is 9.15. The van der Waals surface area contributed by atoms with Crippen LogP contribution in [-0.2, 0) is 6.54 Å². The fourth-order valence-electron chi connectivity index (χ4n) is 4.06. The van der Waals surface area contributed by atoms with Crippen molar-refractivity contribution in [1.29, 1.82) is 0 Å². The van der Waals surface area contributed by atoms with E-state index in [2.05, 4.69) is 25.6 Å². The first-order chi connectivity index (χ1) is 17.4. The van der Waals surface area contributed by atoms with Crippen molar-refractivity contribution in [3.8, 4) is 21.7 Å². The summed E-state index contributed by atoms with van der Waals surface area (Å²) in [6.45, 7) is 5.15. The van der Waals surface area contributed by atoms with E-state index in [1.54, 1.807) is 23.1 Å². The van der Waals surface area contributed by atoms with Crippen LogP contribution in [0.25, 0.3) is 31.8 Å². The third kappa shape index (κ3) is 4.82. The fourth-order valence-corrected chi connectivity index (χ4v) is 5.24. The zero-order chi connectivity index (χ0) is 25.2. The molecule has 3 heterocycles. The first-order valence-electron chi connectivity index (χ1n) is 11.6. The number of rotatable bonds is 8. The molecule has 5 rings (SSSR count). The Morgan fingerprint density at radius 2 is 1.97 bits per heavy atom. The first-order valence-corrected chi connectivity index (χ1v) is 12.4. The number of aromatic nitrogens is 5. The average Bonchev–Trinajstić information content (AvgIpc) is 3.54. The maximum absolute atomic E-state index is 14.8. The summed E-state index contributed by atoms with van der Waals surface area (Å²) in [5.74, 6) is -0.349. The number of thiophene rings is 1. The van der Waals surface area contributed by atoms with Crippen LogP contribution in [0.4, 0.5) is 14.7 Å².